The second-order valence-electron chi connectivity index (χ2n) is 5.10. The molecule has 1 saturated heterocycles. The molecule has 2 unspecified atom stereocenters. The summed E-state index contributed by atoms with van der Waals surface area (Å²) in [6.45, 7) is 8.44. The minimum Gasteiger partial charge on any atom is -0.352 e. The van der Waals surface area contributed by atoms with Crippen LogP contribution in [0.4, 0.5) is 0 Å². The van der Waals surface area contributed by atoms with Crippen LogP contribution < -0.4 is 11.1 Å². The van der Waals surface area contributed by atoms with Crippen molar-refractivity contribution in [2.24, 2.45) is 11.7 Å². The Bertz CT molecular complexity index is 236. The van der Waals surface area contributed by atoms with Crippen molar-refractivity contribution in [1.29, 1.82) is 0 Å². The summed E-state index contributed by atoms with van der Waals surface area (Å²) < 4.78 is 0. The maximum absolute atomic E-state index is 11.8. The highest BCUT2D eigenvalue weighted by atomic mass is 35.5. The fourth-order valence-electron chi connectivity index (χ4n) is 2.02. The minimum atomic E-state index is 0. The lowest BCUT2D eigenvalue weighted by Crippen LogP contribution is -2.45. The van der Waals surface area contributed by atoms with Gasteiger partial charge < -0.3 is 11.1 Å². The third-order valence-electron chi connectivity index (χ3n) is 3.51. The molecule has 4 nitrogen and oxygen atoms in total. The van der Waals surface area contributed by atoms with E-state index in [1.54, 1.807) is 0 Å². The maximum Gasteiger partial charge on any atom is 0.234 e. The quantitative estimate of drug-likeness (QED) is 0.778. The number of hydrogen-bond donors (Lipinski definition) is 2. The van der Waals surface area contributed by atoms with Gasteiger partial charge in [-0.2, -0.15) is 0 Å². The first-order valence-electron chi connectivity index (χ1n) is 6.28. The molecule has 3 N–H and O–H groups in total. The number of halogens is 1. The average Bonchev–Trinajstić information content (AvgIpc) is 2.64. The van der Waals surface area contributed by atoms with E-state index in [0.717, 1.165) is 19.4 Å². The van der Waals surface area contributed by atoms with Gasteiger partial charge in [0, 0.05) is 18.6 Å². The Morgan fingerprint density at radius 3 is 2.65 bits per heavy atom. The molecule has 1 rings (SSSR count). The van der Waals surface area contributed by atoms with Gasteiger partial charge in [-0.05, 0) is 32.2 Å². The molecular formula is C12H26ClN3O. The van der Waals surface area contributed by atoms with Crippen LogP contribution in [0.25, 0.3) is 0 Å². The summed E-state index contributed by atoms with van der Waals surface area (Å²) in [6.07, 6.45) is 2.29. The smallest absolute Gasteiger partial charge is 0.234 e. The van der Waals surface area contributed by atoms with E-state index >= 15 is 0 Å². The molecule has 1 amide bonds. The Hall–Kier alpha value is -0.320. The largest absolute Gasteiger partial charge is 0.352 e. The van der Waals surface area contributed by atoms with Gasteiger partial charge in [-0.3, -0.25) is 9.69 Å². The molecule has 1 aliphatic rings. The average molecular weight is 264 g/mol. The van der Waals surface area contributed by atoms with Gasteiger partial charge in [0.05, 0.1) is 6.54 Å². The van der Waals surface area contributed by atoms with Gasteiger partial charge in [-0.15, -0.1) is 12.4 Å². The normalized spacial score (nSPS) is 22.3. The van der Waals surface area contributed by atoms with Crippen molar-refractivity contribution >= 4 is 18.3 Å². The number of amides is 1. The Balaban J connectivity index is 0.00000256. The Morgan fingerprint density at radius 1 is 1.47 bits per heavy atom. The van der Waals surface area contributed by atoms with Crippen molar-refractivity contribution < 1.29 is 4.79 Å². The topological polar surface area (TPSA) is 58.4 Å². The van der Waals surface area contributed by atoms with Crippen molar-refractivity contribution in [2.45, 2.75) is 45.7 Å². The molecule has 102 valence electrons. The van der Waals surface area contributed by atoms with Gasteiger partial charge in [0.2, 0.25) is 5.91 Å². The van der Waals surface area contributed by atoms with Crippen LogP contribution in [-0.2, 0) is 4.79 Å². The summed E-state index contributed by atoms with van der Waals surface area (Å²) in [7, 11) is 0. The highest BCUT2D eigenvalue weighted by molar-refractivity contribution is 5.85. The van der Waals surface area contributed by atoms with Crippen LogP contribution in [0.2, 0.25) is 0 Å². The summed E-state index contributed by atoms with van der Waals surface area (Å²) in [4.78, 5) is 14.0. The van der Waals surface area contributed by atoms with Gasteiger partial charge in [-0.25, -0.2) is 0 Å². The lowest BCUT2D eigenvalue weighted by Gasteiger charge is -2.24. The molecular weight excluding hydrogens is 238 g/mol. The molecule has 0 aromatic rings. The standard InChI is InChI=1S/C12H25N3O.ClH/c1-9(2)10(3)14-12(16)8-15-6-4-5-11(15)7-13;/h9-11H,4-8,13H2,1-3H3,(H,14,16);1H. The summed E-state index contributed by atoms with van der Waals surface area (Å²) in [5.74, 6) is 0.606. The van der Waals surface area contributed by atoms with E-state index in [9.17, 15) is 4.79 Å². The Labute approximate surface area is 111 Å². The van der Waals surface area contributed by atoms with E-state index in [4.69, 9.17) is 5.73 Å². The first kappa shape index (κ1) is 16.7. The van der Waals surface area contributed by atoms with Crippen LogP contribution in [0.3, 0.4) is 0 Å². The van der Waals surface area contributed by atoms with E-state index in [1.165, 1.54) is 0 Å². The monoisotopic (exact) mass is 263 g/mol. The van der Waals surface area contributed by atoms with Crippen LogP contribution >= 0.6 is 12.4 Å². The van der Waals surface area contributed by atoms with Gasteiger partial charge in [0.15, 0.2) is 0 Å². The highest BCUT2D eigenvalue weighted by Crippen LogP contribution is 2.15. The lowest BCUT2D eigenvalue weighted by atomic mass is 10.1. The Kier molecular flexibility index (Phi) is 7.75. The lowest BCUT2D eigenvalue weighted by molar-refractivity contribution is -0.123. The first-order valence-corrected chi connectivity index (χ1v) is 6.28. The molecule has 17 heavy (non-hydrogen) atoms. The van der Waals surface area contributed by atoms with E-state index in [-0.39, 0.29) is 24.4 Å². The molecule has 0 aromatic heterocycles. The van der Waals surface area contributed by atoms with Crippen molar-refractivity contribution in [3.05, 3.63) is 0 Å². The van der Waals surface area contributed by atoms with Crippen LogP contribution in [0.5, 0.6) is 0 Å². The number of nitrogens with one attached hydrogen (secondary N) is 1. The second-order valence-corrected chi connectivity index (χ2v) is 5.10. The highest BCUT2D eigenvalue weighted by Gasteiger charge is 2.25. The molecule has 1 heterocycles. The fraction of sp³-hybridized carbons (Fsp3) is 0.917. The summed E-state index contributed by atoms with van der Waals surface area (Å²) in [5, 5.41) is 3.03. The van der Waals surface area contributed by atoms with Gasteiger partial charge in [-0.1, -0.05) is 13.8 Å². The van der Waals surface area contributed by atoms with Crippen LogP contribution in [0.15, 0.2) is 0 Å². The number of hydrogen-bond acceptors (Lipinski definition) is 3. The van der Waals surface area contributed by atoms with Crippen LogP contribution in [0.1, 0.15) is 33.6 Å². The predicted molar refractivity (Wildman–Crippen MR) is 73.3 cm³/mol. The zero-order valence-electron chi connectivity index (χ0n) is 11.1. The number of nitrogens with zero attached hydrogens (tertiary/aromatic N) is 1. The van der Waals surface area contributed by atoms with Gasteiger partial charge >= 0.3 is 0 Å². The number of nitrogens with two attached hydrogens (primary N) is 1. The molecule has 0 spiro atoms. The summed E-state index contributed by atoms with van der Waals surface area (Å²) in [6, 6.07) is 0.645. The van der Waals surface area contributed by atoms with Crippen molar-refractivity contribution in [3.8, 4) is 0 Å². The van der Waals surface area contributed by atoms with E-state index in [1.807, 2.05) is 6.92 Å². The number of carbonyl (C=O) groups is 1. The van der Waals surface area contributed by atoms with Crippen molar-refractivity contribution in [1.82, 2.24) is 10.2 Å². The maximum atomic E-state index is 11.8. The number of rotatable bonds is 5. The molecule has 1 aliphatic heterocycles. The third-order valence-corrected chi connectivity index (χ3v) is 3.51. The van der Waals surface area contributed by atoms with Crippen LogP contribution in [0, 0.1) is 5.92 Å². The molecule has 0 aromatic carbocycles. The van der Waals surface area contributed by atoms with Crippen LogP contribution in [-0.4, -0.2) is 42.5 Å². The first-order chi connectivity index (χ1) is 7.54. The molecule has 0 saturated carbocycles. The second kappa shape index (κ2) is 7.90. The van der Waals surface area contributed by atoms with Crippen molar-refractivity contribution in [2.75, 3.05) is 19.6 Å². The molecule has 0 radical (unpaired) electrons. The zero-order chi connectivity index (χ0) is 12.1. The minimum absolute atomic E-state index is 0. The number of carbonyl (C=O) groups excluding carboxylic acids is 1. The number of likely N-dealkylation sites (tertiary alicyclic amines) is 1. The van der Waals surface area contributed by atoms with E-state index in [0.29, 0.717) is 25.0 Å². The molecule has 0 bridgehead atoms. The van der Waals surface area contributed by atoms with Crippen molar-refractivity contribution in [3.63, 3.8) is 0 Å². The van der Waals surface area contributed by atoms with Gasteiger partial charge in [0.1, 0.15) is 0 Å². The fourth-order valence-corrected chi connectivity index (χ4v) is 2.02. The van der Waals surface area contributed by atoms with E-state index in [2.05, 4.69) is 24.1 Å². The zero-order valence-corrected chi connectivity index (χ0v) is 11.9. The third kappa shape index (κ3) is 5.23. The Morgan fingerprint density at radius 2 is 2.12 bits per heavy atom. The summed E-state index contributed by atoms with van der Waals surface area (Å²) in [5.41, 5.74) is 5.68. The molecule has 1 fully saturated rings. The molecule has 0 aliphatic carbocycles. The van der Waals surface area contributed by atoms with Gasteiger partial charge in [0.25, 0.3) is 0 Å². The SMILES string of the molecule is CC(C)C(C)NC(=O)CN1CCCC1CN.Cl. The van der Waals surface area contributed by atoms with E-state index < -0.39 is 0 Å². The summed E-state index contributed by atoms with van der Waals surface area (Å²) >= 11 is 0. The molecule has 5 heteroatoms. The molecule has 2 atom stereocenters. The predicted octanol–water partition coefficient (Wildman–Crippen LogP) is 0.992.